The summed E-state index contributed by atoms with van der Waals surface area (Å²) in [6.07, 6.45) is 1.38. The van der Waals surface area contributed by atoms with Crippen molar-refractivity contribution in [2.45, 2.75) is 39.7 Å². The van der Waals surface area contributed by atoms with E-state index < -0.39 is 12.0 Å². The van der Waals surface area contributed by atoms with Crippen LogP contribution in [0.15, 0.2) is 40.5 Å². The van der Waals surface area contributed by atoms with Gasteiger partial charge in [0, 0.05) is 19.3 Å². The van der Waals surface area contributed by atoms with E-state index in [9.17, 15) is 9.59 Å². The molecule has 1 saturated heterocycles. The van der Waals surface area contributed by atoms with Gasteiger partial charge in [-0.05, 0) is 37.0 Å². The molecule has 2 aliphatic rings. The van der Waals surface area contributed by atoms with Gasteiger partial charge in [-0.1, -0.05) is 37.7 Å². The number of rotatable bonds is 9. The van der Waals surface area contributed by atoms with Gasteiger partial charge in [-0.15, -0.1) is 0 Å². The number of aliphatic imine (C=N–C) groups is 1. The van der Waals surface area contributed by atoms with E-state index in [0.29, 0.717) is 47.7 Å². The standard InChI is InChI=1S/C23H30N2O5S/c1-15(2)9-11-29-18-7-5-17(6-8-18)21-20(22(27)30-13-12-28-4)16(3)24-23-25(21)19(26)10-14-31-23/h5-8,15,21H,9-14H2,1-4H3/t21-/m0/s1. The van der Waals surface area contributed by atoms with E-state index in [0.717, 1.165) is 17.7 Å². The molecular formula is C23H30N2O5S. The molecule has 0 N–H and O–H groups in total. The normalized spacial score (nSPS) is 18.7. The molecule has 3 rings (SSSR count). The minimum absolute atomic E-state index is 0.0468. The number of hydrogen-bond acceptors (Lipinski definition) is 7. The number of benzene rings is 1. The Labute approximate surface area is 187 Å². The van der Waals surface area contributed by atoms with Gasteiger partial charge in [-0.25, -0.2) is 9.79 Å². The third-order valence-corrected chi connectivity index (χ3v) is 6.06. The number of esters is 1. The second kappa shape index (κ2) is 10.8. The Bertz CT molecular complexity index is 863. The molecule has 0 aliphatic carbocycles. The van der Waals surface area contributed by atoms with Crippen molar-refractivity contribution in [3.8, 4) is 5.75 Å². The fourth-order valence-corrected chi connectivity index (χ4v) is 4.43. The molecule has 0 bridgehead atoms. The molecule has 31 heavy (non-hydrogen) atoms. The van der Waals surface area contributed by atoms with Crippen LogP contribution in [0.4, 0.5) is 0 Å². The summed E-state index contributed by atoms with van der Waals surface area (Å²) in [7, 11) is 1.55. The molecule has 0 radical (unpaired) electrons. The van der Waals surface area contributed by atoms with E-state index >= 15 is 0 Å². The first kappa shape index (κ1) is 23.3. The van der Waals surface area contributed by atoms with Crippen LogP contribution in [-0.4, -0.2) is 54.6 Å². The van der Waals surface area contributed by atoms with Crippen LogP contribution in [0.1, 0.15) is 45.2 Å². The quantitative estimate of drug-likeness (QED) is 0.422. The Kier molecular flexibility index (Phi) is 8.15. The lowest BCUT2D eigenvalue weighted by Gasteiger charge is -2.38. The highest BCUT2D eigenvalue weighted by molar-refractivity contribution is 8.14. The predicted molar refractivity (Wildman–Crippen MR) is 121 cm³/mol. The third kappa shape index (κ3) is 5.68. The van der Waals surface area contributed by atoms with Crippen LogP contribution in [0.2, 0.25) is 0 Å². The first-order valence-corrected chi connectivity index (χ1v) is 11.5. The second-order valence-electron chi connectivity index (χ2n) is 7.89. The molecule has 1 atom stereocenters. The van der Waals surface area contributed by atoms with Gasteiger partial charge >= 0.3 is 5.97 Å². The zero-order valence-electron chi connectivity index (χ0n) is 18.6. The van der Waals surface area contributed by atoms with Crippen LogP contribution >= 0.6 is 11.8 Å². The van der Waals surface area contributed by atoms with Gasteiger partial charge in [-0.2, -0.15) is 0 Å². The molecular weight excluding hydrogens is 416 g/mol. The monoisotopic (exact) mass is 446 g/mol. The Morgan fingerprint density at radius 2 is 1.97 bits per heavy atom. The number of ether oxygens (including phenoxy) is 3. The average molecular weight is 447 g/mol. The van der Waals surface area contributed by atoms with Crippen molar-refractivity contribution >= 4 is 28.8 Å². The van der Waals surface area contributed by atoms with Crippen LogP contribution in [0.3, 0.4) is 0 Å². The summed E-state index contributed by atoms with van der Waals surface area (Å²) in [6, 6.07) is 6.99. The molecule has 0 spiro atoms. The number of hydrogen-bond donors (Lipinski definition) is 0. The molecule has 1 aromatic rings. The smallest absolute Gasteiger partial charge is 0.338 e. The Morgan fingerprint density at radius 1 is 1.23 bits per heavy atom. The minimum Gasteiger partial charge on any atom is -0.494 e. The number of fused-ring (bicyclic) bond motifs is 1. The molecule has 0 unspecified atom stereocenters. The highest BCUT2D eigenvalue weighted by Crippen LogP contribution is 2.40. The summed E-state index contributed by atoms with van der Waals surface area (Å²) in [4.78, 5) is 31.9. The Hall–Kier alpha value is -2.32. The van der Waals surface area contributed by atoms with Crippen LogP contribution in [-0.2, 0) is 19.1 Å². The third-order valence-electron chi connectivity index (χ3n) is 5.11. The summed E-state index contributed by atoms with van der Waals surface area (Å²) in [5, 5.41) is 0.629. The lowest BCUT2D eigenvalue weighted by Crippen LogP contribution is -2.45. The van der Waals surface area contributed by atoms with Gasteiger partial charge in [0.15, 0.2) is 5.17 Å². The maximum Gasteiger partial charge on any atom is 0.338 e. The summed E-state index contributed by atoms with van der Waals surface area (Å²) in [6.45, 7) is 7.19. The number of carbonyl (C=O) groups is 2. The van der Waals surface area contributed by atoms with Crippen LogP contribution in [0.5, 0.6) is 5.75 Å². The van der Waals surface area contributed by atoms with Crippen molar-refractivity contribution in [3.63, 3.8) is 0 Å². The molecule has 0 saturated carbocycles. The number of nitrogens with zero attached hydrogens (tertiary/aromatic N) is 2. The van der Waals surface area contributed by atoms with Crippen molar-refractivity contribution < 1.29 is 23.8 Å². The second-order valence-corrected chi connectivity index (χ2v) is 8.95. The minimum atomic E-state index is -0.576. The molecule has 8 heteroatoms. The molecule has 0 aromatic heterocycles. The number of amidine groups is 1. The first-order valence-electron chi connectivity index (χ1n) is 10.6. The molecule has 2 aliphatic heterocycles. The summed E-state index contributed by atoms with van der Waals surface area (Å²) in [5.74, 6) is 1.49. The number of thioether (sulfide) groups is 1. The summed E-state index contributed by atoms with van der Waals surface area (Å²) in [5.41, 5.74) is 1.76. The maximum absolute atomic E-state index is 12.9. The zero-order valence-corrected chi connectivity index (χ0v) is 19.4. The molecule has 2 heterocycles. The van der Waals surface area contributed by atoms with Crippen molar-refractivity contribution in [3.05, 3.63) is 41.1 Å². The molecule has 1 amide bonds. The van der Waals surface area contributed by atoms with Gasteiger partial charge in [0.2, 0.25) is 5.91 Å². The van der Waals surface area contributed by atoms with Crippen LogP contribution < -0.4 is 4.74 Å². The summed E-state index contributed by atoms with van der Waals surface area (Å²) >= 11 is 1.53. The van der Waals surface area contributed by atoms with E-state index in [1.165, 1.54) is 11.8 Å². The highest BCUT2D eigenvalue weighted by atomic mass is 32.2. The van der Waals surface area contributed by atoms with E-state index in [2.05, 4.69) is 18.8 Å². The Morgan fingerprint density at radius 3 is 2.65 bits per heavy atom. The van der Waals surface area contributed by atoms with Gasteiger partial charge < -0.3 is 14.2 Å². The average Bonchev–Trinajstić information content (AvgIpc) is 2.73. The Balaban J connectivity index is 1.90. The topological polar surface area (TPSA) is 77.4 Å². The fourth-order valence-electron chi connectivity index (χ4n) is 3.43. The molecule has 7 nitrogen and oxygen atoms in total. The van der Waals surface area contributed by atoms with Crippen molar-refractivity contribution in [2.24, 2.45) is 10.9 Å². The van der Waals surface area contributed by atoms with E-state index in [4.69, 9.17) is 14.2 Å². The summed E-state index contributed by atoms with van der Waals surface area (Å²) < 4.78 is 16.2. The maximum atomic E-state index is 12.9. The number of carbonyl (C=O) groups excluding carboxylic acids is 2. The number of methoxy groups -OCH3 is 1. The zero-order chi connectivity index (χ0) is 22.4. The van der Waals surface area contributed by atoms with Crippen LogP contribution in [0, 0.1) is 5.92 Å². The van der Waals surface area contributed by atoms with Crippen LogP contribution in [0.25, 0.3) is 0 Å². The predicted octanol–water partition coefficient (Wildman–Crippen LogP) is 3.95. The van der Waals surface area contributed by atoms with Gasteiger partial charge in [0.25, 0.3) is 0 Å². The van der Waals surface area contributed by atoms with Crippen molar-refractivity contribution in [1.29, 1.82) is 0 Å². The van der Waals surface area contributed by atoms with Crippen molar-refractivity contribution in [1.82, 2.24) is 4.90 Å². The van der Waals surface area contributed by atoms with Gasteiger partial charge in [0.1, 0.15) is 12.4 Å². The van der Waals surface area contributed by atoms with E-state index in [-0.39, 0.29) is 12.5 Å². The lowest BCUT2D eigenvalue weighted by molar-refractivity contribution is -0.141. The first-order chi connectivity index (χ1) is 14.9. The SMILES string of the molecule is COCCOC(=O)C1=C(C)N=C2SCCC(=O)N2[C@H]1c1ccc(OCCC(C)C)cc1. The van der Waals surface area contributed by atoms with Gasteiger partial charge in [0.05, 0.1) is 30.5 Å². The van der Waals surface area contributed by atoms with E-state index in [1.807, 2.05) is 24.3 Å². The fraction of sp³-hybridized carbons (Fsp3) is 0.522. The lowest BCUT2D eigenvalue weighted by atomic mass is 9.94. The van der Waals surface area contributed by atoms with E-state index in [1.54, 1.807) is 18.9 Å². The molecule has 1 aromatic carbocycles. The van der Waals surface area contributed by atoms with Crippen molar-refractivity contribution in [2.75, 3.05) is 32.7 Å². The largest absolute Gasteiger partial charge is 0.494 e. The highest BCUT2D eigenvalue weighted by Gasteiger charge is 2.41. The molecule has 1 fully saturated rings. The number of allylic oxidation sites excluding steroid dienone is 1. The molecule has 168 valence electrons. The van der Waals surface area contributed by atoms with Gasteiger partial charge in [-0.3, -0.25) is 9.69 Å². The number of amides is 1.